The second kappa shape index (κ2) is 7.73. The summed E-state index contributed by atoms with van der Waals surface area (Å²) in [7, 11) is 0. The summed E-state index contributed by atoms with van der Waals surface area (Å²) in [5.41, 5.74) is 0. The van der Waals surface area contributed by atoms with Crippen LogP contribution in [0.2, 0.25) is 0 Å². The Kier molecular flexibility index (Phi) is 6.88. The molecule has 0 rings (SSSR count). The molecule has 0 saturated carbocycles. The zero-order valence-electron chi connectivity index (χ0n) is 8.66. The predicted molar refractivity (Wildman–Crippen MR) is 51.6 cm³/mol. The highest BCUT2D eigenvalue weighted by Gasteiger charge is 1.99. The van der Waals surface area contributed by atoms with Crippen LogP contribution in [0.3, 0.4) is 0 Å². The maximum absolute atomic E-state index is 12.8. The van der Waals surface area contributed by atoms with Crippen LogP contribution in [0.5, 0.6) is 0 Å². The van der Waals surface area contributed by atoms with Crippen molar-refractivity contribution in [3.05, 3.63) is 24.1 Å². The first-order valence-corrected chi connectivity index (χ1v) is 4.49. The average molecular weight is 216 g/mol. The van der Waals surface area contributed by atoms with E-state index < -0.39 is 17.8 Å². The first-order chi connectivity index (χ1) is 7.10. The minimum absolute atomic E-state index is 0.171. The van der Waals surface area contributed by atoms with Crippen LogP contribution in [-0.2, 0) is 19.1 Å². The van der Waals surface area contributed by atoms with E-state index in [2.05, 4.69) is 9.47 Å². The SMILES string of the molecule is CCOC(=O)/C=C/C(F)=C\C(=O)OCC. The molecule has 0 radical (unpaired) electrons. The summed E-state index contributed by atoms with van der Waals surface area (Å²) in [6.07, 6.45) is 2.39. The first kappa shape index (κ1) is 13.4. The van der Waals surface area contributed by atoms with E-state index in [9.17, 15) is 14.0 Å². The van der Waals surface area contributed by atoms with Gasteiger partial charge in [0.15, 0.2) is 0 Å². The zero-order valence-corrected chi connectivity index (χ0v) is 8.66. The van der Waals surface area contributed by atoms with Gasteiger partial charge in [0.1, 0.15) is 5.83 Å². The smallest absolute Gasteiger partial charge is 0.333 e. The molecule has 0 atom stereocenters. The Labute approximate surface area is 87.4 Å². The van der Waals surface area contributed by atoms with Crippen molar-refractivity contribution < 1.29 is 23.5 Å². The minimum Gasteiger partial charge on any atom is -0.463 e. The number of ether oxygens (including phenoxy) is 2. The molecule has 0 aromatic rings. The van der Waals surface area contributed by atoms with Crippen LogP contribution in [0.25, 0.3) is 0 Å². The molecular formula is C10H13FO4. The molecule has 0 aliphatic rings. The van der Waals surface area contributed by atoms with Crippen molar-refractivity contribution in [3.8, 4) is 0 Å². The molecule has 0 spiro atoms. The van der Waals surface area contributed by atoms with E-state index in [1.54, 1.807) is 13.8 Å². The molecular weight excluding hydrogens is 203 g/mol. The molecule has 0 amide bonds. The Morgan fingerprint density at radius 3 is 2.13 bits per heavy atom. The van der Waals surface area contributed by atoms with Crippen LogP contribution in [0.15, 0.2) is 24.1 Å². The van der Waals surface area contributed by atoms with Gasteiger partial charge in [0.05, 0.1) is 19.3 Å². The molecule has 4 nitrogen and oxygen atoms in total. The number of carbonyl (C=O) groups excluding carboxylic acids is 2. The van der Waals surface area contributed by atoms with Crippen LogP contribution < -0.4 is 0 Å². The second-order valence-electron chi connectivity index (χ2n) is 2.37. The maximum atomic E-state index is 12.8. The van der Waals surface area contributed by atoms with Crippen molar-refractivity contribution in [2.75, 3.05) is 13.2 Å². The Hall–Kier alpha value is -1.65. The van der Waals surface area contributed by atoms with Crippen molar-refractivity contribution in [3.63, 3.8) is 0 Å². The van der Waals surface area contributed by atoms with Gasteiger partial charge in [-0.1, -0.05) is 0 Å². The fourth-order valence-corrected chi connectivity index (χ4v) is 0.683. The fourth-order valence-electron chi connectivity index (χ4n) is 0.683. The van der Waals surface area contributed by atoms with Crippen molar-refractivity contribution in [2.24, 2.45) is 0 Å². The largest absolute Gasteiger partial charge is 0.463 e. The van der Waals surface area contributed by atoms with Crippen molar-refractivity contribution >= 4 is 11.9 Å². The van der Waals surface area contributed by atoms with E-state index in [0.717, 1.165) is 12.2 Å². The van der Waals surface area contributed by atoms with E-state index in [1.807, 2.05) is 0 Å². The van der Waals surface area contributed by atoms with Gasteiger partial charge in [-0.05, 0) is 19.9 Å². The summed E-state index contributed by atoms with van der Waals surface area (Å²) in [6.45, 7) is 3.63. The molecule has 0 bridgehead atoms. The molecule has 0 aliphatic heterocycles. The Morgan fingerprint density at radius 1 is 1.07 bits per heavy atom. The van der Waals surface area contributed by atoms with E-state index in [1.165, 1.54) is 0 Å². The number of rotatable bonds is 5. The molecule has 0 aromatic heterocycles. The van der Waals surface area contributed by atoms with Crippen molar-refractivity contribution in [2.45, 2.75) is 13.8 Å². The molecule has 5 heteroatoms. The zero-order chi connectivity index (χ0) is 11.7. The summed E-state index contributed by atoms with van der Waals surface area (Å²) in [5, 5.41) is 0. The third-order valence-electron chi connectivity index (χ3n) is 1.21. The quantitative estimate of drug-likeness (QED) is 0.397. The van der Waals surface area contributed by atoms with Gasteiger partial charge in [-0.2, -0.15) is 0 Å². The molecule has 84 valence electrons. The summed E-state index contributed by atoms with van der Waals surface area (Å²) < 4.78 is 21.8. The first-order valence-electron chi connectivity index (χ1n) is 4.49. The Balaban J connectivity index is 4.16. The topological polar surface area (TPSA) is 52.6 Å². The Morgan fingerprint density at radius 2 is 1.60 bits per heavy atom. The number of halogens is 1. The van der Waals surface area contributed by atoms with Crippen LogP contribution in [0.4, 0.5) is 4.39 Å². The lowest BCUT2D eigenvalue weighted by Gasteiger charge is -1.95. The number of carbonyl (C=O) groups is 2. The third-order valence-corrected chi connectivity index (χ3v) is 1.21. The minimum atomic E-state index is -0.860. The molecule has 0 unspecified atom stereocenters. The summed E-state index contributed by atoms with van der Waals surface area (Å²) >= 11 is 0. The maximum Gasteiger partial charge on any atom is 0.333 e. The Bertz CT molecular complexity index is 281. The van der Waals surface area contributed by atoms with Gasteiger partial charge >= 0.3 is 11.9 Å². The summed E-state index contributed by atoms with van der Waals surface area (Å²) in [5.74, 6) is -2.31. The van der Waals surface area contributed by atoms with Crippen LogP contribution >= 0.6 is 0 Å². The number of hydrogen-bond donors (Lipinski definition) is 0. The van der Waals surface area contributed by atoms with Crippen molar-refractivity contribution in [1.29, 1.82) is 0 Å². The average Bonchev–Trinajstić information content (AvgIpc) is 2.15. The van der Waals surface area contributed by atoms with E-state index in [4.69, 9.17) is 0 Å². The highest BCUT2D eigenvalue weighted by atomic mass is 19.1. The van der Waals surface area contributed by atoms with Gasteiger partial charge < -0.3 is 9.47 Å². The fraction of sp³-hybridized carbons (Fsp3) is 0.400. The lowest BCUT2D eigenvalue weighted by molar-refractivity contribution is -0.138. The molecule has 0 saturated heterocycles. The number of esters is 2. The van der Waals surface area contributed by atoms with Crippen LogP contribution in [0, 0.1) is 0 Å². The molecule has 15 heavy (non-hydrogen) atoms. The summed E-state index contributed by atoms with van der Waals surface area (Å²) in [6, 6.07) is 0. The van der Waals surface area contributed by atoms with Crippen LogP contribution in [-0.4, -0.2) is 25.2 Å². The number of allylic oxidation sites excluding steroid dienone is 2. The van der Waals surface area contributed by atoms with Gasteiger partial charge in [-0.3, -0.25) is 0 Å². The van der Waals surface area contributed by atoms with E-state index in [-0.39, 0.29) is 13.2 Å². The number of hydrogen-bond acceptors (Lipinski definition) is 4. The van der Waals surface area contributed by atoms with Crippen molar-refractivity contribution in [1.82, 2.24) is 0 Å². The third kappa shape index (κ3) is 7.42. The molecule has 0 aliphatic carbocycles. The normalized spacial score (nSPS) is 11.5. The highest BCUT2D eigenvalue weighted by molar-refractivity contribution is 5.85. The van der Waals surface area contributed by atoms with Gasteiger partial charge in [0.2, 0.25) is 0 Å². The monoisotopic (exact) mass is 216 g/mol. The highest BCUT2D eigenvalue weighted by Crippen LogP contribution is 1.99. The van der Waals surface area contributed by atoms with E-state index in [0.29, 0.717) is 6.08 Å². The van der Waals surface area contributed by atoms with Gasteiger partial charge in [0, 0.05) is 6.08 Å². The molecule has 0 heterocycles. The molecule has 0 aromatic carbocycles. The lowest BCUT2D eigenvalue weighted by Crippen LogP contribution is -2.00. The lowest BCUT2D eigenvalue weighted by atomic mass is 10.4. The van der Waals surface area contributed by atoms with Gasteiger partial charge in [-0.25, -0.2) is 14.0 Å². The van der Waals surface area contributed by atoms with Gasteiger partial charge in [0.25, 0.3) is 0 Å². The molecule has 0 N–H and O–H groups in total. The molecule has 0 fully saturated rings. The standard InChI is InChI=1S/C10H13FO4/c1-3-14-9(12)6-5-8(11)7-10(13)15-4-2/h5-7H,3-4H2,1-2H3/b6-5+,8-7+. The predicted octanol–water partition coefficient (Wildman–Crippen LogP) is 1.52. The second-order valence-corrected chi connectivity index (χ2v) is 2.37. The van der Waals surface area contributed by atoms with E-state index >= 15 is 0 Å². The summed E-state index contributed by atoms with van der Waals surface area (Å²) in [4.78, 5) is 21.5. The van der Waals surface area contributed by atoms with Crippen LogP contribution in [0.1, 0.15) is 13.8 Å². The van der Waals surface area contributed by atoms with Gasteiger partial charge in [-0.15, -0.1) is 0 Å².